The Balaban J connectivity index is 1.70. The van der Waals surface area contributed by atoms with E-state index in [1.165, 1.54) is 0 Å². The van der Waals surface area contributed by atoms with E-state index >= 15 is 0 Å². The minimum atomic E-state index is -1.11. The van der Waals surface area contributed by atoms with Crippen molar-refractivity contribution in [3.63, 3.8) is 0 Å². The maximum Gasteiger partial charge on any atom is 0.347 e. The molecule has 0 aromatic heterocycles. The molecule has 3 rings (SSSR count). The van der Waals surface area contributed by atoms with Crippen LogP contribution in [-0.4, -0.2) is 62.9 Å². The van der Waals surface area contributed by atoms with Crippen LogP contribution in [0.5, 0.6) is 5.75 Å². The average molecular weight is 503 g/mol. The maximum absolute atomic E-state index is 13.1. The Labute approximate surface area is 212 Å². The topological polar surface area (TPSA) is 134 Å². The number of carboxylic acids is 1. The molecule has 0 radical (unpaired) electrons. The van der Waals surface area contributed by atoms with Crippen LogP contribution in [0.1, 0.15) is 52.4 Å². The molecule has 8 heteroatoms. The zero-order chi connectivity index (χ0) is 26.2. The van der Waals surface area contributed by atoms with Crippen LogP contribution in [0.25, 0.3) is 0 Å². The molecule has 2 aliphatic rings. The van der Waals surface area contributed by atoms with Crippen LogP contribution in [0.4, 0.5) is 0 Å². The monoisotopic (exact) mass is 502 g/mol. The highest BCUT2D eigenvalue weighted by Gasteiger charge is 2.42. The average Bonchev–Trinajstić information content (AvgIpc) is 2.82. The quantitative estimate of drug-likeness (QED) is 0.320. The summed E-state index contributed by atoms with van der Waals surface area (Å²) in [6.45, 7) is 3.92. The van der Waals surface area contributed by atoms with Crippen molar-refractivity contribution in [3.8, 4) is 5.75 Å². The van der Waals surface area contributed by atoms with Crippen molar-refractivity contribution in [2.75, 3.05) is 0 Å². The fourth-order valence-electron chi connectivity index (χ4n) is 5.27. The molecule has 4 N–H and O–H groups in total. The minimum absolute atomic E-state index is 0.0112. The molecule has 0 amide bonds. The van der Waals surface area contributed by atoms with Gasteiger partial charge in [0.15, 0.2) is 6.10 Å². The molecule has 8 unspecified atom stereocenters. The molecule has 0 saturated heterocycles. The number of carbonyl (C=O) groups is 2. The Kier molecular flexibility index (Phi) is 10.1. The van der Waals surface area contributed by atoms with Crippen LogP contribution in [-0.2, 0) is 14.3 Å². The molecule has 1 aromatic carbocycles. The largest absolute Gasteiger partial charge is 0.481 e. The van der Waals surface area contributed by atoms with E-state index < -0.39 is 48.9 Å². The summed E-state index contributed by atoms with van der Waals surface area (Å²) in [5.41, 5.74) is 0.909. The lowest BCUT2D eigenvalue weighted by atomic mass is 9.66. The first-order valence-corrected chi connectivity index (χ1v) is 12.8. The number of benzene rings is 1. The van der Waals surface area contributed by atoms with Gasteiger partial charge in [0.2, 0.25) is 0 Å². The van der Waals surface area contributed by atoms with Gasteiger partial charge in [-0.1, -0.05) is 50.3 Å². The van der Waals surface area contributed by atoms with E-state index in [0.29, 0.717) is 25.0 Å². The lowest BCUT2D eigenvalue weighted by molar-refractivity contribution is -0.163. The van der Waals surface area contributed by atoms with E-state index in [4.69, 9.17) is 14.6 Å². The van der Waals surface area contributed by atoms with Crippen molar-refractivity contribution in [2.24, 2.45) is 17.8 Å². The second-order valence-electron chi connectivity index (χ2n) is 9.90. The lowest BCUT2D eigenvalue weighted by Gasteiger charge is -2.43. The molecular formula is C28H38O8. The van der Waals surface area contributed by atoms with Gasteiger partial charge in [-0.3, -0.25) is 4.79 Å². The van der Waals surface area contributed by atoms with Crippen molar-refractivity contribution in [1.82, 2.24) is 0 Å². The minimum Gasteiger partial charge on any atom is -0.481 e. The van der Waals surface area contributed by atoms with Gasteiger partial charge in [0.1, 0.15) is 11.9 Å². The predicted molar refractivity (Wildman–Crippen MR) is 133 cm³/mol. The van der Waals surface area contributed by atoms with Crippen LogP contribution in [0, 0.1) is 17.8 Å². The third kappa shape index (κ3) is 7.66. The Hall–Kier alpha value is -2.68. The fraction of sp³-hybridized carbons (Fsp3) is 0.571. The third-order valence-corrected chi connectivity index (χ3v) is 7.08. The van der Waals surface area contributed by atoms with Crippen LogP contribution in [0.2, 0.25) is 0 Å². The van der Waals surface area contributed by atoms with E-state index in [1.807, 2.05) is 31.2 Å². The number of rotatable bonds is 12. The van der Waals surface area contributed by atoms with Gasteiger partial charge in [-0.25, -0.2) is 4.79 Å². The number of allylic oxidation sites excluding steroid dienone is 2. The van der Waals surface area contributed by atoms with Crippen molar-refractivity contribution < 1.29 is 39.5 Å². The highest BCUT2D eigenvalue weighted by atomic mass is 16.6. The molecule has 198 valence electrons. The predicted octanol–water partition coefficient (Wildman–Crippen LogP) is 3.25. The molecule has 0 aliphatic heterocycles. The fourth-order valence-corrected chi connectivity index (χ4v) is 5.27. The van der Waals surface area contributed by atoms with Crippen LogP contribution >= 0.6 is 0 Å². The summed E-state index contributed by atoms with van der Waals surface area (Å²) in [4.78, 5) is 23.9. The van der Waals surface area contributed by atoms with Gasteiger partial charge in [-0.15, -0.1) is 0 Å². The first-order valence-electron chi connectivity index (χ1n) is 12.8. The third-order valence-electron chi connectivity index (χ3n) is 7.08. The summed E-state index contributed by atoms with van der Waals surface area (Å²) in [6, 6.07) is 9.09. The molecule has 0 spiro atoms. The summed E-state index contributed by atoms with van der Waals surface area (Å²) in [5.74, 6) is -0.977. The molecule has 36 heavy (non-hydrogen) atoms. The first kappa shape index (κ1) is 27.9. The normalized spacial score (nSPS) is 27.8. The molecule has 0 saturated carbocycles. The Morgan fingerprint density at radius 2 is 1.86 bits per heavy atom. The number of esters is 1. The van der Waals surface area contributed by atoms with Crippen LogP contribution < -0.4 is 4.74 Å². The number of carboxylic acid groups (broad SMARTS) is 1. The van der Waals surface area contributed by atoms with Gasteiger partial charge < -0.3 is 29.9 Å². The van der Waals surface area contributed by atoms with E-state index in [2.05, 4.69) is 13.0 Å². The molecule has 8 nitrogen and oxygen atoms in total. The van der Waals surface area contributed by atoms with Crippen molar-refractivity contribution in [3.05, 3.63) is 54.1 Å². The highest BCUT2D eigenvalue weighted by Crippen LogP contribution is 2.44. The number of hydrogen-bond acceptors (Lipinski definition) is 7. The number of carbonyl (C=O) groups excluding carboxylic acids is 1. The van der Waals surface area contributed by atoms with Crippen LogP contribution in [0.3, 0.4) is 0 Å². The molecule has 1 aromatic rings. The van der Waals surface area contributed by atoms with Gasteiger partial charge in [0.05, 0.1) is 24.7 Å². The van der Waals surface area contributed by atoms with E-state index in [-0.39, 0.29) is 30.6 Å². The van der Waals surface area contributed by atoms with Crippen LogP contribution in [0.15, 0.2) is 54.1 Å². The van der Waals surface area contributed by atoms with Gasteiger partial charge in [-0.2, -0.15) is 0 Å². The van der Waals surface area contributed by atoms with Gasteiger partial charge >= 0.3 is 11.9 Å². The number of hydrogen-bond donors (Lipinski definition) is 4. The molecular weight excluding hydrogens is 464 g/mol. The number of aliphatic hydroxyl groups is 3. The zero-order valence-electron chi connectivity index (χ0n) is 20.9. The lowest BCUT2D eigenvalue weighted by Crippen LogP contribution is -2.44. The SMILES string of the molecule is CCC(Oc1ccccc1)C(=O)OC1CC(O)C=C2C=CC(C)C(CCC(O)CC(O)CC(=O)O)C21. The molecule has 0 fully saturated rings. The van der Waals surface area contributed by atoms with Crippen molar-refractivity contribution >= 4 is 11.9 Å². The Morgan fingerprint density at radius 1 is 1.14 bits per heavy atom. The first-order chi connectivity index (χ1) is 17.2. The number of para-hydroxylation sites is 1. The van der Waals surface area contributed by atoms with Crippen molar-refractivity contribution in [2.45, 2.75) is 82.9 Å². The molecule has 8 atom stereocenters. The number of ether oxygens (including phenoxy) is 2. The Morgan fingerprint density at radius 3 is 2.53 bits per heavy atom. The van der Waals surface area contributed by atoms with Gasteiger partial charge in [-0.05, 0) is 55.2 Å². The standard InChI is InChI=1S/C28H38O8/c1-3-24(35-22-7-5-4-6-8-22)28(34)36-25-15-20(30)13-18-10-9-17(2)23(27(18)25)12-11-19(29)14-21(31)16-26(32)33/h4-10,13,17,19-21,23-25,27,29-31H,3,11-12,14-16H2,1-2H3,(H,32,33). The number of aliphatic carboxylic acids is 1. The number of fused-ring (bicyclic) bond motifs is 1. The van der Waals surface area contributed by atoms with E-state index in [1.54, 1.807) is 18.2 Å². The van der Waals surface area contributed by atoms with Crippen molar-refractivity contribution in [1.29, 1.82) is 0 Å². The van der Waals surface area contributed by atoms with E-state index in [0.717, 1.165) is 5.57 Å². The Bertz CT molecular complexity index is 927. The molecule has 0 bridgehead atoms. The summed E-state index contributed by atoms with van der Waals surface area (Å²) in [6.07, 6.45) is 3.08. The maximum atomic E-state index is 13.1. The second kappa shape index (κ2) is 13.0. The molecule has 2 aliphatic carbocycles. The van der Waals surface area contributed by atoms with Gasteiger partial charge in [0.25, 0.3) is 0 Å². The molecule has 0 heterocycles. The summed E-state index contributed by atoms with van der Waals surface area (Å²) in [7, 11) is 0. The van der Waals surface area contributed by atoms with Gasteiger partial charge in [0, 0.05) is 12.3 Å². The summed E-state index contributed by atoms with van der Waals surface area (Å²) < 4.78 is 11.8. The summed E-state index contributed by atoms with van der Waals surface area (Å²) >= 11 is 0. The second-order valence-corrected chi connectivity index (χ2v) is 9.90. The van der Waals surface area contributed by atoms with E-state index in [9.17, 15) is 24.9 Å². The number of aliphatic hydroxyl groups excluding tert-OH is 3. The summed E-state index contributed by atoms with van der Waals surface area (Å²) in [5, 5.41) is 39.6. The highest BCUT2D eigenvalue weighted by molar-refractivity contribution is 5.75. The smallest absolute Gasteiger partial charge is 0.347 e. The zero-order valence-corrected chi connectivity index (χ0v) is 20.9.